The van der Waals surface area contributed by atoms with Gasteiger partial charge in [0.2, 0.25) is 11.8 Å². The van der Waals surface area contributed by atoms with Crippen LogP contribution in [0.3, 0.4) is 0 Å². The van der Waals surface area contributed by atoms with Crippen LogP contribution in [0.5, 0.6) is 0 Å². The zero-order chi connectivity index (χ0) is 16.5. The molecule has 0 aliphatic carbocycles. The molecule has 2 amide bonds. The van der Waals surface area contributed by atoms with Crippen molar-refractivity contribution in [1.82, 2.24) is 9.80 Å². The molecule has 0 saturated carbocycles. The highest BCUT2D eigenvalue weighted by molar-refractivity contribution is 5.92. The fourth-order valence-corrected chi connectivity index (χ4v) is 2.96. The first-order valence-corrected chi connectivity index (χ1v) is 7.64. The Hall–Kier alpha value is -1.59. The van der Waals surface area contributed by atoms with Gasteiger partial charge >= 0.3 is 0 Å². The third-order valence-corrected chi connectivity index (χ3v) is 4.58. The van der Waals surface area contributed by atoms with E-state index in [1.807, 2.05) is 37.3 Å². The number of likely N-dealkylation sites (N-methyl/N-ethyl adjacent to an activating group) is 1. The van der Waals surface area contributed by atoms with E-state index in [0.717, 1.165) is 5.56 Å². The zero-order valence-electron chi connectivity index (χ0n) is 14.2. The molecule has 2 N–H and O–H groups in total. The Kier molecular flexibility index (Phi) is 6.19. The van der Waals surface area contributed by atoms with Crippen LogP contribution < -0.4 is 5.73 Å². The summed E-state index contributed by atoms with van der Waals surface area (Å²) in [6.07, 6.45) is 0. The third kappa shape index (κ3) is 3.67. The van der Waals surface area contributed by atoms with Crippen molar-refractivity contribution >= 4 is 24.2 Å². The van der Waals surface area contributed by atoms with E-state index in [4.69, 9.17) is 5.73 Å². The average molecular weight is 340 g/mol. The van der Waals surface area contributed by atoms with Crippen molar-refractivity contribution in [1.29, 1.82) is 0 Å². The topological polar surface area (TPSA) is 66.6 Å². The summed E-state index contributed by atoms with van der Waals surface area (Å²) in [6.45, 7) is 6.52. The number of hydrogen-bond acceptors (Lipinski definition) is 3. The summed E-state index contributed by atoms with van der Waals surface area (Å²) in [7, 11) is 1.77. The number of benzene rings is 1. The van der Waals surface area contributed by atoms with Gasteiger partial charge in [0.25, 0.3) is 0 Å². The third-order valence-electron chi connectivity index (χ3n) is 4.58. The summed E-state index contributed by atoms with van der Waals surface area (Å²) in [6, 6.07) is 9.22. The van der Waals surface area contributed by atoms with E-state index in [9.17, 15) is 9.59 Å². The summed E-state index contributed by atoms with van der Waals surface area (Å²) in [4.78, 5) is 28.5. The molecular formula is C17H26ClN3O2. The lowest BCUT2D eigenvalue weighted by Crippen LogP contribution is -2.64. The molecule has 1 aromatic carbocycles. The molecule has 0 radical (unpaired) electrons. The van der Waals surface area contributed by atoms with Crippen molar-refractivity contribution in [3.63, 3.8) is 0 Å². The minimum absolute atomic E-state index is 0. The van der Waals surface area contributed by atoms with Crippen LogP contribution in [0.25, 0.3) is 0 Å². The van der Waals surface area contributed by atoms with Crippen molar-refractivity contribution in [2.24, 2.45) is 11.7 Å². The number of carbonyl (C=O) groups excluding carboxylic acids is 2. The average Bonchev–Trinajstić information content (AvgIpc) is 2.51. The van der Waals surface area contributed by atoms with Gasteiger partial charge in [-0.3, -0.25) is 9.59 Å². The number of halogens is 1. The summed E-state index contributed by atoms with van der Waals surface area (Å²) >= 11 is 0. The van der Waals surface area contributed by atoms with Crippen molar-refractivity contribution < 1.29 is 9.59 Å². The number of piperazine rings is 1. The molecule has 128 valence electrons. The maximum Gasteiger partial charge on any atom is 0.247 e. The summed E-state index contributed by atoms with van der Waals surface area (Å²) in [5.74, 6) is -0.478. The maximum atomic E-state index is 12.9. The number of amides is 2. The number of carbonyl (C=O) groups is 2. The van der Waals surface area contributed by atoms with Gasteiger partial charge < -0.3 is 15.5 Å². The standard InChI is InChI=1S/C17H25N3O2.ClH/c1-12(14(18)13-8-6-5-7-9-13)15(21)20-11-10-19(4)16(22)17(20,2)3;/h5-9,12,14H,10-11,18H2,1-4H3;1H. The molecule has 0 spiro atoms. The molecule has 0 bridgehead atoms. The largest absolute Gasteiger partial charge is 0.342 e. The van der Waals surface area contributed by atoms with Gasteiger partial charge in [0.05, 0.1) is 5.92 Å². The highest BCUT2D eigenvalue weighted by Crippen LogP contribution is 2.27. The van der Waals surface area contributed by atoms with Gasteiger partial charge in [-0.2, -0.15) is 0 Å². The lowest BCUT2D eigenvalue weighted by atomic mass is 9.90. The molecule has 1 heterocycles. The number of nitrogens with zero attached hydrogens (tertiary/aromatic N) is 2. The van der Waals surface area contributed by atoms with Crippen LogP contribution >= 0.6 is 12.4 Å². The van der Waals surface area contributed by atoms with Gasteiger partial charge in [-0.05, 0) is 19.4 Å². The normalized spacial score (nSPS) is 19.8. The smallest absolute Gasteiger partial charge is 0.247 e. The minimum Gasteiger partial charge on any atom is -0.342 e. The van der Waals surface area contributed by atoms with Gasteiger partial charge in [0.15, 0.2) is 0 Å². The number of nitrogens with two attached hydrogens (primary N) is 1. The second kappa shape index (κ2) is 7.32. The second-order valence-electron chi connectivity index (χ2n) is 6.50. The molecule has 1 saturated heterocycles. The van der Waals surface area contributed by atoms with Crippen molar-refractivity contribution in [3.8, 4) is 0 Å². The predicted octanol–water partition coefficient (Wildman–Crippen LogP) is 1.82. The monoisotopic (exact) mass is 339 g/mol. The first kappa shape index (κ1) is 19.5. The van der Waals surface area contributed by atoms with Crippen LogP contribution in [-0.4, -0.2) is 47.3 Å². The van der Waals surface area contributed by atoms with Gasteiger partial charge in [-0.25, -0.2) is 0 Å². The molecule has 1 aromatic rings. The van der Waals surface area contributed by atoms with E-state index < -0.39 is 5.54 Å². The summed E-state index contributed by atoms with van der Waals surface area (Å²) < 4.78 is 0. The Balaban J connectivity index is 0.00000264. The number of rotatable bonds is 3. The maximum absolute atomic E-state index is 12.9. The van der Waals surface area contributed by atoms with Crippen LogP contribution in [0, 0.1) is 5.92 Å². The van der Waals surface area contributed by atoms with Crippen LogP contribution in [0.15, 0.2) is 30.3 Å². The van der Waals surface area contributed by atoms with Gasteiger partial charge in [0, 0.05) is 26.2 Å². The first-order chi connectivity index (χ1) is 10.3. The Bertz CT molecular complexity index is 562. The predicted molar refractivity (Wildman–Crippen MR) is 93.2 cm³/mol. The fourth-order valence-electron chi connectivity index (χ4n) is 2.96. The highest BCUT2D eigenvalue weighted by atomic mass is 35.5. The fraction of sp³-hybridized carbons (Fsp3) is 0.529. The van der Waals surface area contributed by atoms with E-state index in [0.29, 0.717) is 13.1 Å². The van der Waals surface area contributed by atoms with Crippen LogP contribution in [0.4, 0.5) is 0 Å². The minimum atomic E-state index is -0.825. The SMILES string of the molecule is CC(C(=O)N1CCN(C)C(=O)C1(C)C)C(N)c1ccccc1.Cl. The summed E-state index contributed by atoms with van der Waals surface area (Å²) in [5.41, 5.74) is 6.36. The molecule has 2 atom stereocenters. The molecule has 5 nitrogen and oxygen atoms in total. The molecule has 23 heavy (non-hydrogen) atoms. The lowest BCUT2D eigenvalue weighted by Gasteiger charge is -2.46. The Morgan fingerprint density at radius 2 is 1.78 bits per heavy atom. The zero-order valence-corrected chi connectivity index (χ0v) is 15.0. The molecule has 1 aliphatic heterocycles. The molecule has 2 unspecified atom stereocenters. The molecule has 1 aliphatic rings. The summed E-state index contributed by atoms with van der Waals surface area (Å²) in [5, 5.41) is 0. The van der Waals surface area contributed by atoms with E-state index in [2.05, 4.69) is 0 Å². The van der Waals surface area contributed by atoms with Crippen molar-refractivity contribution in [2.75, 3.05) is 20.1 Å². The van der Waals surface area contributed by atoms with Gasteiger partial charge in [-0.15, -0.1) is 12.4 Å². The molecular weight excluding hydrogens is 314 g/mol. The van der Waals surface area contributed by atoms with Gasteiger partial charge in [-0.1, -0.05) is 37.3 Å². The van der Waals surface area contributed by atoms with Gasteiger partial charge in [0.1, 0.15) is 5.54 Å². The highest BCUT2D eigenvalue weighted by Gasteiger charge is 2.44. The molecule has 6 heteroatoms. The van der Waals surface area contributed by atoms with Crippen LogP contribution in [0.2, 0.25) is 0 Å². The second-order valence-corrected chi connectivity index (χ2v) is 6.50. The molecule has 2 rings (SSSR count). The lowest BCUT2D eigenvalue weighted by molar-refractivity contribution is -0.159. The Labute approximate surface area is 144 Å². The van der Waals surface area contributed by atoms with E-state index >= 15 is 0 Å². The van der Waals surface area contributed by atoms with Crippen molar-refractivity contribution in [3.05, 3.63) is 35.9 Å². The van der Waals surface area contributed by atoms with E-state index in [1.54, 1.807) is 30.7 Å². The Morgan fingerprint density at radius 1 is 1.22 bits per heavy atom. The van der Waals surface area contributed by atoms with Crippen LogP contribution in [-0.2, 0) is 9.59 Å². The quantitative estimate of drug-likeness (QED) is 0.913. The van der Waals surface area contributed by atoms with E-state index in [-0.39, 0.29) is 36.2 Å². The van der Waals surface area contributed by atoms with Crippen LogP contribution in [0.1, 0.15) is 32.4 Å². The van der Waals surface area contributed by atoms with E-state index in [1.165, 1.54) is 0 Å². The van der Waals surface area contributed by atoms with Crippen molar-refractivity contribution in [2.45, 2.75) is 32.4 Å². The number of hydrogen-bond donors (Lipinski definition) is 1. The first-order valence-electron chi connectivity index (χ1n) is 7.64. The molecule has 0 aromatic heterocycles. The molecule has 1 fully saturated rings. The Morgan fingerprint density at radius 3 is 2.35 bits per heavy atom.